The molecule has 0 atom stereocenters. The first kappa shape index (κ1) is 25.2. The van der Waals surface area contributed by atoms with Crippen molar-refractivity contribution >= 4 is 40.4 Å². The minimum absolute atomic E-state index is 0.0767. The Labute approximate surface area is 224 Å². The molecule has 0 aromatic heterocycles. The Morgan fingerprint density at radius 1 is 0.868 bits per heavy atom. The number of benzene rings is 3. The number of nitrogens with zero attached hydrogens (tertiary/aromatic N) is 2. The first-order valence-electron chi connectivity index (χ1n) is 11.8. The van der Waals surface area contributed by atoms with Crippen LogP contribution in [0.2, 0.25) is 0 Å². The average molecular weight is 528 g/mol. The number of carbonyl (C=O) groups excluding carboxylic acids is 1. The van der Waals surface area contributed by atoms with Crippen molar-refractivity contribution in [2.75, 3.05) is 27.4 Å². The minimum Gasteiger partial charge on any atom is -0.493 e. The molecule has 0 saturated heterocycles. The van der Waals surface area contributed by atoms with E-state index in [1.54, 1.807) is 43.4 Å². The summed E-state index contributed by atoms with van der Waals surface area (Å²) in [5.74, 6) is 1.95. The minimum atomic E-state index is -0.454. The first-order chi connectivity index (χ1) is 18.6. The molecule has 0 fully saturated rings. The van der Waals surface area contributed by atoms with Crippen LogP contribution in [0.15, 0.2) is 88.8 Å². The molecular formula is C29H25N3O5S. The van der Waals surface area contributed by atoms with E-state index in [1.807, 2.05) is 60.0 Å². The number of hydrogen-bond acceptors (Lipinski definition) is 7. The highest BCUT2D eigenvalue weighted by molar-refractivity contribution is 8.17. The summed E-state index contributed by atoms with van der Waals surface area (Å²) in [7, 11) is 3.14. The number of amidine groups is 2. The molecule has 9 heteroatoms. The van der Waals surface area contributed by atoms with E-state index in [9.17, 15) is 4.79 Å². The van der Waals surface area contributed by atoms with E-state index in [2.05, 4.69) is 4.99 Å². The van der Waals surface area contributed by atoms with Gasteiger partial charge in [-0.2, -0.15) is 4.99 Å². The predicted octanol–water partition coefficient (Wildman–Crippen LogP) is 5.47. The highest BCUT2D eigenvalue weighted by Crippen LogP contribution is 2.38. The SMILES string of the molecule is COc1ccccc1OCCOc1ccc(/C=C2/C(=N)N3C(c4ccccc4)=CSC3=NC2=O)cc1OC. The summed E-state index contributed by atoms with van der Waals surface area (Å²) < 4.78 is 22.4. The number of hydrogen-bond donors (Lipinski definition) is 1. The lowest BCUT2D eigenvalue weighted by molar-refractivity contribution is -0.114. The van der Waals surface area contributed by atoms with Crippen LogP contribution in [0.3, 0.4) is 0 Å². The van der Waals surface area contributed by atoms with Crippen LogP contribution in [0, 0.1) is 5.41 Å². The smallest absolute Gasteiger partial charge is 0.283 e. The topological polar surface area (TPSA) is 93.4 Å². The van der Waals surface area contributed by atoms with Crippen LogP contribution >= 0.6 is 11.8 Å². The van der Waals surface area contributed by atoms with Crippen LogP contribution in [-0.2, 0) is 4.79 Å². The van der Waals surface area contributed by atoms with Crippen LogP contribution in [0.1, 0.15) is 11.1 Å². The lowest BCUT2D eigenvalue weighted by Crippen LogP contribution is -2.38. The van der Waals surface area contributed by atoms with E-state index in [0.717, 1.165) is 11.3 Å². The molecular weight excluding hydrogens is 502 g/mol. The number of methoxy groups -OCH3 is 2. The summed E-state index contributed by atoms with van der Waals surface area (Å²) in [6, 6.07) is 22.5. The summed E-state index contributed by atoms with van der Waals surface area (Å²) in [5.41, 5.74) is 2.64. The van der Waals surface area contributed by atoms with Crippen LogP contribution in [0.5, 0.6) is 23.0 Å². The summed E-state index contributed by atoms with van der Waals surface area (Å²) in [5, 5.41) is 11.2. The Balaban J connectivity index is 1.30. The Kier molecular flexibility index (Phi) is 7.46. The van der Waals surface area contributed by atoms with E-state index in [1.165, 1.54) is 11.8 Å². The number of amides is 1. The number of thioether (sulfide) groups is 1. The molecule has 0 saturated carbocycles. The lowest BCUT2D eigenvalue weighted by atomic mass is 10.1. The average Bonchev–Trinajstić information content (AvgIpc) is 3.38. The maximum Gasteiger partial charge on any atom is 0.283 e. The second-order valence-electron chi connectivity index (χ2n) is 8.19. The van der Waals surface area contributed by atoms with Crippen LogP contribution < -0.4 is 18.9 Å². The fraction of sp³-hybridized carbons (Fsp3) is 0.138. The van der Waals surface area contributed by atoms with E-state index in [4.69, 9.17) is 24.4 Å². The normalized spacial score (nSPS) is 15.6. The van der Waals surface area contributed by atoms with Crippen LogP contribution in [0.25, 0.3) is 11.8 Å². The highest BCUT2D eigenvalue weighted by Gasteiger charge is 2.36. The molecule has 2 aliphatic heterocycles. The molecule has 2 aliphatic rings. The van der Waals surface area contributed by atoms with Gasteiger partial charge >= 0.3 is 0 Å². The molecule has 8 nitrogen and oxygen atoms in total. The standard InChI is InChI=1S/C29H25N3O5S/c1-34-23-10-6-7-11-24(23)36-14-15-37-25-13-12-19(17-26(25)35-2)16-21-27(30)32-22(20-8-4-3-5-9-20)18-38-29(32)31-28(21)33/h3-13,16-18,30H,14-15H2,1-2H3/b21-16-,30-27?. The molecule has 1 amide bonds. The van der Waals surface area contributed by atoms with Gasteiger partial charge in [0.25, 0.3) is 5.91 Å². The number of carbonyl (C=O) groups is 1. The van der Waals surface area contributed by atoms with Gasteiger partial charge in [0.2, 0.25) is 0 Å². The summed E-state index contributed by atoms with van der Waals surface area (Å²) in [4.78, 5) is 18.7. The van der Waals surface area contributed by atoms with Crippen LogP contribution in [0.4, 0.5) is 0 Å². The number of aliphatic imine (C=N–C) groups is 1. The van der Waals surface area contributed by atoms with Gasteiger partial charge in [-0.25, -0.2) is 0 Å². The van der Waals surface area contributed by atoms with Gasteiger partial charge in [0, 0.05) is 5.41 Å². The molecule has 0 radical (unpaired) electrons. The molecule has 1 N–H and O–H groups in total. The third-order valence-electron chi connectivity index (χ3n) is 5.85. The molecule has 0 bridgehead atoms. The predicted molar refractivity (Wildman–Crippen MR) is 149 cm³/mol. The molecule has 0 spiro atoms. The van der Waals surface area contributed by atoms with E-state index in [0.29, 0.717) is 40.3 Å². The van der Waals surface area contributed by atoms with Crippen molar-refractivity contribution in [3.05, 3.63) is 94.9 Å². The number of rotatable bonds is 9. The van der Waals surface area contributed by atoms with Gasteiger partial charge in [0.1, 0.15) is 19.0 Å². The first-order valence-corrected chi connectivity index (χ1v) is 12.7. The van der Waals surface area contributed by atoms with Crippen molar-refractivity contribution in [3.63, 3.8) is 0 Å². The van der Waals surface area contributed by atoms with Crippen molar-refractivity contribution in [3.8, 4) is 23.0 Å². The Morgan fingerprint density at radius 3 is 2.24 bits per heavy atom. The fourth-order valence-corrected chi connectivity index (χ4v) is 4.90. The molecule has 38 heavy (non-hydrogen) atoms. The number of para-hydroxylation sites is 2. The van der Waals surface area contributed by atoms with Crippen molar-refractivity contribution in [1.29, 1.82) is 5.41 Å². The Hall–Kier alpha value is -4.50. The monoisotopic (exact) mass is 527 g/mol. The summed E-state index contributed by atoms with van der Waals surface area (Å²) in [6.07, 6.45) is 1.65. The molecule has 3 aromatic carbocycles. The van der Waals surface area contributed by atoms with Gasteiger partial charge in [0.05, 0.1) is 25.5 Å². The second-order valence-corrected chi connectivity index (χ2v) is 9.02. The lowest BCUT2D eigenvalue weighted by Gasteiger charge is -2.27. The third kappa shape index (κ3) is 5.14. The maximum atomic E-state index is 12.8. The zero-order valence-corrected chi connectivity index (χ0v) is 21.7. The van der Waals surface area contributed by atoms with Gasteiger partial charge < -0.3 is 18.9 Å². The van der Waals surface area contributed by atoms with E-state index >= 15 is 0 Å². The van der Waals surface area contributed by atoms with E-state index < -0.39 is 5.91 Å². The van der Waals surface area contributed by atoms with Crippen molar-refractivity contribution < 1.29 is 23.7 Å². The zero-order valence-electron chi connectivity index (χ0n) is 20.8. The molecule has 5 rings (SSSR count). The molecule has 2 heterocycles. The van der Waals surface area contributed by atoms with Gasteiger partial charge in [-0.05, 0) is 41.5 Å². The molecule has 0 unspecified atom stereocenters. The number of fused-ring (bicyclic) bond motifs is 1. The van der Waals surface area contributed by atoms with Crippen molar-refractivity contribution in [2.45, 2.75) is 0 Å². The van der Waals surface area contributed by atoms with Gasteiger partial charge in [-0.15, -0.1) is 0 Å². The molecule has 0 aliphatic carbocycles. The highest BCUT2D eigenvalue weighted by atomic mass is 32.2. The molecule has 192 valence electrons. The summed E-state index contributed by atoms with van der Waals surface area (Å²) >= 11 is 1.33. The second kappa shape index (κ2) is 11.3. The number of ether oxygens (including phenoxy) is 4. The van der Waals surface area contributed by atoms with Gasteiger partial charge in [-0.1, -0.05) is 60.3 Å². The fourth-order valence-electron chi connectivity index (χ4n) is 4.02. The molecule has 3 aromatic rings. The zero-order chi connectivity index (χ0) is 26.5. The van der Waals surface area contributed by atoms with E-state index in [-0.39, 0.29) is 18.0 Å². The van der Waals surface area contributed by atoms with Crippen molar-refractivity contribution in [1.82, 2.24) is 4.90 Å². The maximum absolute atomic E-state index is 12.8. The summed E-state index contributed by atoms with van der Waals surface area (Å²) in [6.45, 7) is 0.600. The van der Waals surface area contributed by atoms with Crippen molar-refractivity contribution in [2.24, 2.45) is 4.99 Å². The van der Waals surface area contributed by atoms with Gasteiger partial charge in [0.15, 0.2) is 28.2 Å². The third-order valence-corrected chi connectivity index (χ3v) is 6.68. The Bertz CT molecular complexity index is 1470. The van der Waals surface area contributed by atoms with Crippen LogP contribution in [-0.4, -0.2) is 49.2 Å². The Morgan fingerprint density at radius 2 is 1.53 bits per heavy atom. The number of nitrogens with one attached hydrogen (secondary N) is 1. The quantitative estimate of drug-likeness (QED) is 0.292. The van der Waals surface area contributed by atoms with Gasteiger partial charge in [-0.3, -0.25) is 15.1 Å². The largest absolute Gasteiger partial charge is 0.493 e.